The molecule has 5 heteroatoms. The molecule has 1 aromatic carbocycles. The van der Waals surface area contributed by atoms with Crippen molar-refractivity contribution in [1.29, 1.82) is 0 Å². The monoisotopic (exact) mass is 348 g/mol. The van der Waals surface area contributed by atoms with Gasteiger partial charge in [0, 0.05) is 23.9 Å². The Kier molecular flexibility index (Phi) is 6.57. The molecule has 2 N–H and O–H groups in total. The van der Waals surface area contributed by atoms with E-state index >= 15 is 0 Å². The lowest BCUT2D eigenvalue weighted by Gasteiger charge is -2.30. The topological polar surface area (TPSA) is 58.2 Å². The van der Waals surface area contributed by atoms with Crippen molar-refractivity contribution in [3.63, 3.8) is 0 Å². The number of carbonyl (C=O) groups is 2. The third-order valence-corrected chi connectivity index (χ3v) is 4.72. The summed E-state index contributed by atoms with van der Waals surface area (Å²) in [6.07, 6.45) is 3.88. The van der Waals surface area contributed by atoms with E-state index in [1.807, 2.05) is 26.8 Å². The van der Waals surface area contributed by atoms with Gasteiger partial charge in [-0.05, 0) is 49.8 Å². The van der Waals surface area contributed by atoms with E-state index in [4.69, 9.17) is 0 Å². The molecule has 0 aromatic heterocycles. The van der Waals surface area contributed by atoms with Gasteiger partial charge in [-0.1, -0.05) is 32.9 Å². The lowest BCUT2D eigenvalue weighted by atomic mass is 9.84. The molecule has 0 atom stereocenters. The Hall–Kier alpha value is -1.91. The molecular formula is C20H29FN2O2. The molecule has 1 aliphatic rings. The van der Waals surface area contributed by atoms with Gasteiger partial charge in [0.05, 0.1) is 0 Å². The first-order chi connectivity index (χ1) is 11.8. The highest BCUT2D eigenvalue weighted by Crippen LogP contribution is 2.25. The molecule has 0 spiro atoms. The quantitative estimate of drug-likeness (QED) is 0.858. The predicted octanol–water partition coefficient (Wildman–Crippen LogP) is 3.21. The first kappa shape index (κ1) is 19.4. The number of rotatable bonds is 5. The maximum atomic E-state index is 13.1. The predicted molar refractivity (Wildman–Crippen MR) is 96.5 cm³/mol. The second kappa shape index (κ2) is 8.45. The molecule has 0 radical (unpaired) electrons. The summed E-state index contributed by atoms with van der Waals surface area (Å²) in [4.78, 5) is 24.3. The zero-order valence-electron chi connectivity index (χ0n) is 15.4. The van der Waals surface area contributed by atoms with Crippen LogP contribution in [0.4, 0.5) is 4.39 Å². The van der Waals surface area contributed by atoms with Gasteiger partial charge in [0.15, 0.2) is 0 Å². The van der Waals surface area contributed by atoms with Crippen molar-refractivity contribution in [1.82, 2.24) is 10.6 Å². The van der Waals surface area contributed by atoms with Gasteiger partial charge in [-0.3, -0.25) is 9.59 Å². The molecule has 0 aliphatic heterocycles. The summed E-state index contributed by atoms with van der Waals surface area (Å²) in [6, 6.07) is 6.62. The first-order valence-electron chi connectivity index (χ1n) is 9.09. The van der Waals surface area contributed by atoms with Crippen molar-refractivity contribution in [2.75, 3.05) is 6.54 Å². The van der Waals surface area contributed by atoms with E-state index in [1.165, 1.54) is 12.1 Å². The number of nitrogens with one attached hydrogen (secondary N) is 2. The lowest BCUT2D eigenvalue weighted by Crippen LogP contribution is -2.44. The van der Waals surface area contributed by atoms with E-state index in [2.05, 4.69) is 10.6 Å². The molecule has 0 heterocycles. The van der Waals surface area contributed by atoms with Gasteiger partial charge < -0.3 is 10.6 Å². The fourth-order valence-electron chi connectivity index (χ4n) is 3.07. The van der Waals surface area contributed by atoms with Crippen LogP contribution in [0.25, 0.3) is 0 Å². The first-order valence-corrected chi connectivity index (χ1v) is 9.09. The summed E-state index contributed by atoms with van der Waals surface area (Å²) in [5, 5.41) is 6.03. The molecule has 1 aromatic rings. The molecule has 0 saturated heterocycles. The number of hydrogen-bond acceptors (Lipinski definition) is 2. The zero-order chi connectivity index (χ0) is 18.4. The Morgan fingerprint density at radius 1 is 1.16 bits per heavy atom. The van der Waals surface area contributed by atoms with Crippen molar-refractivity contribution in [3.05, 3.63) is 35.6 Å². The van der Waals surface area contributed by atoms with Gasteiger partial charge in [-0.15, -0.1) is 0 Å². The molecule has 1 saturated carbocycles. The molecule has 0 bridgehead atoms. The van der Waals surface area contributed by atoms with E-state index in [1.54, 1.807) is 6.07 Å². The normalized spacial score (nSPS) is 20.8. The van der Waals surface area contributed by atoms with Crippen LogP contribution in [0.3, 0.4) is 0 Å². The minimum absolute atomic E-state index is 0.00954. The standard InChI is InChI=1S/C20H29FN2O2/c1-20(2,3)19(25)23-17-9-7-15(8-10-17)18(24)22-12-11-14-5-4-6-16(21)13-14/h4-6,13,15,17H,7-12H2,1-3H3,(H,22,24)(H,23,25). The van der Waals surface area contributed by atoms with Gasteiger partial charge >= 0.3 is 0 Å². The summed E-state index contributed by atoms with van der Waals surface area (Å²) in [6.45, 7) is 6.23. The molecule has 2 amide bonds. The highest BCUT2D eigenvalue weighted by molar-refractivity contribution is 5.82. The second-order valence-corrected chi connectivity index (χ2v) is 7.94. The Balaban J connectivity index is 1.69. The molecule has 0 unspecified atom stereocenters. The Morgan fingerprint density at radius 2 is 1.84 bits per heavy atom. The van der Waals surface area contributed by atoms with Crippen molar-refractivity contribution in [2.45, 2.75) is 58.9 Å². The smallest absolute Gasteiger partial charge is 0.225 e. The fourth-order valence-corrected chi connectivity index (χ4v) is 3.07. The summed E-state index contributed by atoms with van der Waals surface area (Å²) in [5.74, 6) is -0.109. The molecule has 1 fully saturated rings. The van der Waals surface area contributed by atoms with E-state index in [0.717, 1.165) is 31.2 Å². The van der Waals surface area contributed by atoms with E-state index in [9.17, 15) is 14.0 Å². The number of carbonyl (C=O) groups excluding carboxylic acids is 2. The molecule has 2 rings (SSSR count). The average molecular weight is 348 g/mol. The van der Waals surface area contributed by atoms with E-state index in [-0.39, 0.29) is 35.0 Å². The maximum Gasteiger partial charge on any atom is 0.225 e. The van der Waals surface area contributed by atoms with Gasteiger partial charge in [0.1, 0.15) is 5.82 Å². The second-order valence-electron chi connectivity index (χ2n) is 7.94. The molecule has 25 heavy (non-hydrogen) atoms. The van der Waals surface area contributed by atoms with Crippen LogP contribution >= 0.6 is 0 Å². The van der Waals surface area contributed by atoms with Crippen LogP contribution in [0.1, 0.15) is 52.0 Å². The van der Waals surface area contributed by atoms with Crippen LogP contribution < -0.4 is 10.6 Å². The summed E-state index contributed by atoms with van der Waals surface area (Å²) in [7, 11) is 0. The van der Waals surface area contributed by atoms with Crippen LogP contribution in [-0.4, -0.2) is 24.4 Å². The number of amides is 2. The molecule has 4 nitrogen and oxygen atoms in total. The van der Waals surface area contributed by atoms with Gasteiger partial charge in [0.25, 0.3) is 0 Å². The summed E-state index contributed by atoms with van der Waals surface area (Å²) in [5.41, 5.74) is 0.499. The molecular weight excluding hydrogens is 319 g/mol. The Labute approximate surface area is 149 Å². The summed E-state index contributed by atoms with van der Waals surface area (Å²) < 4.78 is 13.1. The summed E-state index contributed by atoms with van der Waals surface area (Å²) >= 11 is 0. The van der Waals surface area contributed by atoms with Crippen molar-refractivity contribution in [3.8, 4) is 0 Å². The highest BCUT2D eigenvalue weighted by Gasteiger charge is 2.29. The van der Waals surface area contributed by atoms with Crippen LogP contribution in [0.2, 0.25) is 0 Å². The van der Waals surface area contributed by atoms with Gasteiger partial charge in [0.2, 0.25) is 11.8 Å². The molecule has 1 aliphatic carbocycles. The maximum absolute atomic E-state index is 13.1. The average Bonchev–Trinajstić information content (AvgIpc) is 2.54. The Bertz CT molecular complexity index is 602. The van der Waals surface area contributed by atoms with E-state index in [0.29, 0.717) is 13.0 Å². The third-order valence-electron chi connectivity index (χ3n) is 4.72. The lowest BCUT2D eigenvalue weighted by molar-refractivity contribution is -0.129. The largest absolute Gasteiger partial charge is 0.356 e. The minimum Gasteiger partial charge on any atom is -0.356 e. The van der Waals surface area contributed by atoms with Crippen LogP contribution in [0, 0.1) is 17.2 Å². The minimum atomic E-state index is -0.384. The third kappa shape index (κ3) is 6.15. The van der Waals surface area contributed by atoms with Crippen LogP contribution in [0.15, 0.2) is 24.3 Å². The number of halogens is 1. The number of hydrogen-bond donors (Lipinski definition) is 2. The highest BCUT2D eigenvalue weighted by atomic mass is 19.1. The van der Waals surface area contributed by atoms with Crippen LogP contribution in [-0.2, 0) is 16.0 Å². The number of benzene rings is 1. The van der Waals surface area contributed by atoms with Crippen molar-refractivity contribution in [2.24, 2.45) is 11.3 Å². The van der Waals surface area contributed by atoms with Gasteiger partial charge in [-0.2, -0.15) is 0 Å². The van der Waals surface area contributed by atoms with Crippen LogP contribution in [0.5, 0.6) is 0 Å². The van der Waals surface area contributed by atoms with Gasteiger partial charge in [-0.25, -0.2) is 4.39 Å². The SMILES string of the molecule is CC(C)(C)C(=O)NC1CCC(C(=O)NCCc2cccc(F)c2)CC1. The zero-order valence-corrected chi connectivity index (χ0v) is 15.4. The Morgan fingerprint density at radius 3 is 2.44 bits per heavy atom. The molecule has 138 valence electrons. The van der Waals surface area contributed by atoms with E-state index < -0.39 is 0 Å². The fraction of sp³-hybridized carbons (Fsp3) is 0.600. The van der Waals surface area contributed by atoms with Crippen molar-refractivity contribution >= 4 is 11.8 Å². The van der Waals surface area contributed by atoms with Crippen molar-refractivity contribution < 1.29 is 14.0 Å².